The number of hydrogen-bond acceptors (Lipinski definition) is 4. The van der Waals surface area contributed by atoms with E-state index in [0.717, 1.165) is 22.5 Å². The predicted octanol–water partition coefficient (Wildman–Crippen LogP) is 3.83. The third-order valence-corrected chi connectivity index (χ3v) is 5.42. The van der Waals surface area contributed by atoms with Crippen LogP contribution in [0.15, 0.2) is 48.5 Å². The Kier molecular flexibility index (Phi) is 7.07. The second-order valence-electron chi connectivity index (χ2n) is 6.94. The Labute approximate surface area is 167 Å². The van der Waals surface area contributed by atoms with Crippen LogP contribution in [0.5, 0.6) is 5.75 Å². The highest BCUT2D eigenvalue weighted by atomic mass is 32.2. The lowest BCUT2D eigenvalue weighted by atomic mass is 10.1. The highest BCUT2D eigenvalue weighted by molar-refractivity contribution is 7.92. The number of aryl methyl sites for hydroxylation is 1. The molecule has 0 heterocycles. The molecular weight excluding hydrogens is 376 g/mol. The molecule has 0 radical (unpaired) electrons. The van der Waals surface area contributed by atoms with Crippen LogP contribution < -0.4 is 14.4 Å². The molecule has 1 atom stereocenters. The van der Waals surface area contributed by atoms with Gasteiger partial charge in [0.1, 0.15) is 11.8 Å². The molecule has 0 fully saturated rings. The quantitative estimate of drug-likeness (QED) is 0.725. The van der Waals surface area contributed by atoms with E-state index in [4.69, 9.17) is 4.74 Å². The number of ether oxygens (including phenoxy) is 1. The maximum atomic E-state index is 12.7. The molecule has 0 spiro atoms. The van der Waals surface area contributed by atoms with Gasteiger partial charge in [-0.15, -0.1) is 0 Å². The van der Waals surface area contributed by atoms with Gasteiger partial charge in [0, 0.05) is 5.69 Å². The predicted molar refractivity (Wildman–Crippen MR) is 113 cm³/mol. The minimum atomic E-state index is -3.64. The zero-order valence-electron chi connectivity index (χ0n) is 17.0. The number of nitrogens with zero attached hydrogens (tertiary/aromatic N) is 1. The zero-order chi connectivity index (χ0) is 20.9. The molecule has 2 aromatic rings. The molecule has 28 heavy (non-hydrogen) atoms. The SMILES string of the molecule is CCc1ccc(N([C@H](C)C(=O)Nc2ccc(OC(C)C)cc2)S(C)(=O)=O)cc1. The van der Waals surface area contributed by atoms with Crippen LogP contribution in [0.2, 0.25) is 0 Å². The summed E-state index contributed by atoms with van der Waals surface area (Å²) in [5, 5.41) is 2.77. The van der Waals surface area contributed by atoms with Crippen molar-refractivity contribution >= 4 is 27.3 Å². The summed E-state index contributed by atoms with van der Waals surface area (Å²) in [4.78, 5) is 12.7. The lowest BCUT2D eigenvalue weighted by Gasteiger charge is -2.28. The highest BCUT2D eigenvalue weighted by Gasteiger charge is 2.29. The number of benzene rings is 2. The molecule has 1 amide bonds. The number of sulfonamides is 1. The van der Waals surface area contributed by atoms with Gasteiger partial charge in [0.15, 0.2) is 0 Å². The number of carbonyl (C=O) groups is 1. The van der Waals surface area contributed by atoms with Crippen LogP contribution in [0.25, 0.3) is 0 Å². The third kappa shape index (κ3) is 5.73. The van der Waals surface area contributed by atoms with Gasteiger partial charge in [-0.3, -0.25) is 9.10 Å². The van der Waals surface area contributed by atoms with Crippen molar-refractivity contribution < 1.29 is 17.9 Å². The molecule has 0 aliphatic carbocycles. The number of hydrogen-bond donors (Lipinski definition) is 1. The molecule has 152 valence electrons. The average Bonchev–Trinajstić information content (AvgIpc) is 2.62. The number of nitrogens with one attached hydrogen (secondary N) is 1. The molecular formula is C21H28N2O4S. The molecule has 0 aromatic heterocycles. The van der Waals surface area contributed by atoms with Crippen LogP contribution in [0.3, 0.4) is 0 Å². The first kappa shape index (κ1) is 21.8. The Morgan fingerprint density at radius 2 is 1.61 bits per heavy atom. The van der Waals surface area contributed by atoms with E-state index < -0.39 is 22.0 Å². The summed E-state index contributed by atoms with van der Waals surface area (Å²) >= 11 is 0. The highest BCUT2D eigenvalue weighted by Crippen LogP contribution is 2.23. The van der Waals surface area contributed by atoms with Gasteiger partial charge < -0.3 is 10.1 Å². The minimum absolute atomic E-state index is 0.0582. The van der Waals surface area contributed by atoms with E-state index in [-0.39, 0.29) is 6.10 Å². The van der Waals surface area contributed by atoms with Gasteiger partial charge in [0.05, 0.1) is 18.0 Å². The van der Waals surface area contributed by atoms with Crippen molar-refractivity contribution in [2.24, 2.45) is 0 Å². The Hall–Kier alpha value is -2.54. The Balaban J connectivity index is 2.19. The fraction of sp³-hybridized carbons (Fsp3) is 0.381. The van der Waals surface area contributed by atoms with Gasteiger partial charge in [-0.2, -0.15) is 0 Å². The van der Waals surface area contributed by atoms with Crippen molar-refractivity contribution in [3.05, 3.63) is 54.1 Å². The Morgan fingerprint density at radius 1 is 1.04 bits per heavy atom. The fourth-order valence-corrected chi connectivity index (χ4v) is 4.00. The van der Waals surface area contributed by atoms with Crippen LogP contribution >= 0.6 is 0 Å². The van der Waals surface area contributed by atoms with Gasteiger partial charge >= 0.3 is 0 Å². The van der Waals surface area contributed by atoms with Crippen molar-refractivity contribution in [1.29, 1.82) is 0 Å². The topological polar surface area (TPSA) is 75.7 Å². The second kappa shape index (κ2) is 9.10. The molecule has 2 aromatic carbocycles. The second-order valence-corrected chi connectivity index (χ2v) is 8.79. The molecule has 7 heteroatoms. The molecule has 6 nitrogen and oxygen atoms in total. The number of carbonyl (C=O) groups excluding carboxylic acids is 1. The van der Waals surface area contributed by atoms with E-state index in [1.165, 1.54) is 0 Å². The summed E-state index contributed by atoms with van der Waals surface area (Å²) in [6, 6.07) is 13.2. The molecule has 0 unspecified atom stereocenters. The fourth-order valence-electron chi connectivity index (χ4n) is 2.82. The molecule has 0 aliphatic heterocycles. The van der Waals surface area contributed by atoms with Crippen LogP contribution in [0, 0.1) is 0 Å². The molecule has 0 saturated carbocycles. The molecule has 0 bridgehead atoms. The van der Waals surface area contributed by atoms with Crippen LogP contribution in [-0.2, 0) is 21.2 Å². The van der Waals surface area contributed by atoms with Gasteiger partial charge in [0.25, 0.3) is 0 Å². The number of anilines is 2. The first-order valence-corrected chi connectivity index (χ1v) is 11.1. The standard InChI is InChI=1S/C21H28N2O4S/c1-6-17-7-11-19(12-8-17)23(28(5,25)26)16(4)21(24)22-18-9-13-20(14-10-18)27-15(2)3/h7-16H,6H2,1-5H3,(H,22,24)/t16-/m1/s1. The Morgan fingerprint density at radius 3 is 2.07 bits per heavy atom. The Bertz CT molecular complexity index is 891. The average molecular weight is 405 g/mol. The van der Waals surface area contributed by atoms with Gasteiger partial charge in [-0.1, -0.05) is 19.1 Å². The minimum Gasteiger partial charge on any atom is -0.491 e. The normalized spacial score (nSPS) is 12.5. The van der Waals surface area contributed by atoms with E-state index in [1.54, 1.807) is 43.3 Å². The summed E-state index contributed by atoms with van der Waals surface area (Å²) in [6.45, 7) is 7.46. The van der Waals surface area contributed by atoms with Crippen molar-refractivity contribution in [2.45, 2.75) is 46.3 Å². The third-order valence-electron chi connectivity index (χ3n) is 4.18. The van der Waals surface area contributed by atoms with E-state index in [1.807, 2.05) is 32.9 Å². The van der Waals surface area contributed by atoms with Crippen LogP contribution in [0.1, 0.15) is 33.3 Å². The van der Waals surface area contributed by atoms with Crippen molar-refractivity contribution in [1.82, 2.24) is 0 Å². The van der Waals surface area contributed by atoms with Crippen molar-refractivity contribution in [3.8, 4) is 5.75 Å². The van der Waals surface area contributed by atoms with E-state index in [0.29, 0.717) is 17.1 Å². The summed E-state index contributed by atoms with van der Waals surface area (Å²) in [5.41, 5.74) is 2.13. The van der Waals surface area contributed by atoms with Gasteiger partial charge in [0.2, 0.25) is 15.9 Å². The van der Waals surface area contributed by atoms with Crippen LogP contribution in [-0.4, -0.2) is 32.7 Å². The monoisotopic (exact) mass is 404 g/mol. The lowest BCUT2D eigenvalue weighted by Crippen LogP contribution is -2.45. The van der Waals surface area contributed by atoms with Gasteiger partial charge in [-0.05, 0) is 69.2 Å². The van der Waals surface area contributed by atoms with Crippen molar-refractivity contribution in [3.63, 3.8) is 0 Å². The van der Waals surface area contributed by atoms with E-state index >= 15 is 0 Å². The maximum Gasteiger partial charge on any atom is 0.247 e. The summed E-state index contributed by atoms with van der Waals surface area (Å²) in [5.74, 6) is 0.289. The van der Waals surface area contributed by atoms with E-state index in [2.05, 4.69) is 5.32 Å². The molecule has 2 rings (SSSR count). The molecule has 1 N–H and O–H groups in total. The first-order valence-electron chi connectivity index (χ1n) is 9.27. The largest absolute Gasteiger partial charge is 0.491 e. The maximum absolute atomic E-state index is 12.7. The molecule has 0 aliphatic rings. The van der Waals surface area contributed by atoms with E-state index in [9.17, 15) is 13.2 Å². The lowest BCUT2D eigenvalue weighted by molar-refractivity contribution is -0.116. The number of rotatable bonds is 8. The zero-order valence-corrected chi connectivity index (χ0v) is 17.8. The summed E-state index contributed by atoms with van der Waals surface area (Å²) in [6.07, 6.45) is 2.01. The van der Waals surface area contributed by atoms with Gasteiger partial charge in [-0.25, -0.2) is 8.42 Å². The smallest absolute Gasteiger partial charge is 0.247 e. The number of amides is 1. The molecule has 0 saturated heterocycles. The summed E-state index contributed by atoms with van der Waals surface area (Å²) in [7, 11) is -3.64. The van der Waals surface area contributed by atoms with Crippen molar-refractivity contribution in [2.75, 3.05) is 15.9 Å². The first-order chi connectivity index (χ1) is 13.1. The van der Waals surface area contributed by atoms with Crippen LogP contribution in [0.4, 0.5) is 11.4 Å². The summed E-state index contributed by atoms with van der Waals surface area (Å²) < 4.78 is 31.4.